The number of hydrogen-bond donors (Lipinski definition) is 1. The summed E-state index contributed by atoms with van der Waals surface area (Å²) in [5, 5.41) is 17.0. The molecule has 1 aliphatic heterocycles. The fourth-order valence-corrected chi connectivity index (χ4v) is 5.06. The van der Waals surface area contributed by atoms with E-state index in [2.05, 4.69) is 31.3 Å². The fourth-order valence-electron chi connectivity index (χ4n) is 5.06. The highest BCUT2D eigenvalue weighted by molar-refractivity contribution is 5.94. The summed E-state index contributed by atoms with van der Waals surface area (Å²) in [6, 6.07) is 11.3. The molecule has 1 aliphatic carbocycles. The van der Waals surface area contributed by atoms with Gasteiger partial charge < -0.3 is 19.8 Å². The normalized spacial score (nSPS) is 21.5. The minimum absolute atomic E-state index is 0.0275. The van der Waals surface area contributed by atoms with Crippen LogP contribution in [0.2, 0.25) is 0 Å². The zero-order chi connectivity index (χ0) is 25.8. The molecule has 0 unspecified atom stereocenters. The summed E-state index contributed by atoms with van der Waals surface area (Å²) in [4.78, 5) is 27.3. The third kappa shape index (κ3) is 5.02. The summed E-state index contributed by atoms with van der Waals surface area (Å²) >= 11 is 0. The van der Waals surface area contributed by atoms with Crippen molar-refractivity contribution in [3.63, 3.8) is 0 Å². The number of nitriles is 1. The van der Waals surface area contributed by atoms with Crippen molar-refractivity contribution in [1.29, 1.82) is 5.26 Å². The van der Waals surface area contributed by atoms with Crippen molar-refractivity contribution < 1.29 is 9.53 Å². The third-order valence-corrected chi connectivity index (χ3v) is 7.29. The number of piperidine rings is 1. The molecule has 1 amide bonds. The second kappa shape index (κ2) is 10.4. The zero-order valence-electron chi connectivity index (χ0n) is 20.7. The quantitative estimate of drug-likeness (QED) is 0.492. The number of amides is 1. The number of methoxy groups -OCH3 is 1. The number of carbonyl (C=O) groups is 1. The van der Waals surface area contributed by atoms with E-state index in [9.17, 15) is 10.1 Å². The first-order chi connectivity index (χ1) is 18.0. The highest BCUT2D eigenvalue weighted by Crippen LogP contribution is 2.44. The number of aromatic nitrogens is 4. The number of ether oxygens (including phenoxy) is 1. The second-order valence-corrected chi connectivity index (χ2v) is 9.62. The largest absolute Gasteiger partial charge is 0.381 e. The highest BCUT2D eigenvalue weighted by Gasteiger charge is 2.50. The molecule has 0 radical (unpaired) electrons. The van der Waals surface area contributed by atoms with Gasteiger partial charge in [-0.15, -0.1) is 0 Å². The van der Waals surface area contributed by atoms with Gasteiger partial charge in [-0.25, -0.2) is 16.5 Å². The van der Waals surface area contributed by atoms with E-state index in [0.717, 1.165) is 24.1 Å². The van der Waals surface area contributed by atoms with Crippen molar-refractivity contribution >= 4 is 17.5 Å². The van der Waals surface area contributed by atoms with Gasteiger partial charge in [0, 0.05) is 62.2 Å². The van der Waals surface area contributed by atoms with Gasteiger partial charge in [0.2, 0.25) is 12.0 Å². The highest BCUT2D eigenvalue weighted by atomic mass is 16.5. The number of likely N-dealkylation sites (tertiary alicyclic amines) is 1. The van der Waals surface area contributed by atoms with E-state index in [-0.39, 0.29) is 18.1 Å². The van der Waals surface area contributed by atoms with Crippen LogP contribution in [0.15, 0.2) is 48.9 Å². The summed E-state index contributed by atoms with van der Waals surface area (Å²) in [5.41, 5.74) is 2.51. The van der Waals surface area contributed by atoms with Crippen molar-refractivity contribution in [2.75, 3.05) is 25.5 Å². The van der Waals surface area contributed by atoms with Crippen LogP contribution in [-0.2, 0) is 10.3 Å². The number of nitrogens with one attached hydrogen (secondary N) is 1. The van der Waals surface area contributed by atoms with Crippen LogP contribution in [0.25, 0.3) is 16.1 Å². The van der Waals surface area contributed by atoms with Crippen molar-refractivity contribution in [1.82, 2.24) is 24.6 Å². The Hall–Kier alpha value is -4.28. The summed E-state index contributed by atoms with van der Waals surface area (Å²) in [6.07, 6.45) is 8.82. The number of nitrogens with zero attached hydrogens (tertiary/aromatic N) is 7. The molecule has 0 atom stereocenters. The fraction of sp³-hybridized carbons (Fsp3) is 0.407. The van der Waals surface area contributed by atoms with E-state index in [1.54, 1.807) is 25.6 Å². The van der Waals surface area contributed by atoms with Gasteiger partial charge in [0.1, 0.15) is 0 Å². The van der Waals surface area contributed by atoms with E-state index in [4.69, 9.17) is 11.3 Å². The molecule has 3 aromatic rings. The number of anilines is 2. The van der Waals surface area contributed by atoms with Crippen molar-refractivity contribution in [3.05, 3.63) is 65.9 Å². The van der Waals surface area contributed by atoms with Crippen LogP contribution < -0.4 is 5.32 Å². The molecule has 188 valence electrons. The van der Waals surface area contributed by atoms with E-state index < -0.39 is 5.54 Å². The third-order valence-electron chi connectivity index (χ3n) is 7.29. The number of benzene rings is 1. The summed E-state index contributed by atoms with van der Waals surface area (Å²) < 4.78 is 7.21. The maximum absolute atomic E-state index is 12.8. The molecule has 1 saturated heterocycles. The Bertz CT molecular complexity index is 1340. The number of rotatable bonds is 7. The molecule has 10 nitrogen and oxygen atoms in total. The Labute approximate surface area is 215 Å². The lowest BCUT2D eigenvalue weighted by atomic mass is 9.71. The van der Waals surface area contributed by atoms with Gasteiger partial charge in [-0.1, -0.05) is 0 Å². The Kier molecular flexibility index (Phi) is 6.85. The lowest BCUT2D eigenvalue weighted by Gasteiger charge is -2.40. The van der Waals surface area contributed by atoms with E-state index in [0.29, 0.717) is 49.6 Å². The van der Waals surface area contributed by atoms with Gasteiger partial charge in [0.15, 0.2) is 0 Å². The van der Waals surface area contributed by atoms with Crippen LogP contribution in [0.5, 0.6) is 0 Å². The molecule has 0 spiro atoms. The van der Waals surface area contributed by atoms with E-state index in [1.807, 2.05) is 40.0 Å². The first-order valence-electron chi connectivity index (χ1n) is 12.3. The van der Waals surface area contributed by atoms with E-state index in [1.165, 1.54) is 0 Å². The van der Waals surface area contributed by atoms with Crippen LogP contribution in [0, 0.1) is 17.9 Å². The molecule has 5 rings (SSSR count). The Balaban J connectivity index is 1.25. The molecule has 2 aromatic heterocycles. The van der Waals surface area contributed by atoms with Gasteiger partial charge in [-0.2, -0.15) is 10.4 Å². The van der Waals surface area contributed by atoms with Crippen molar-refractivity contribution in [3.8, 4) is 17.3 Å². The average Bonchev–Trinajstić information content (AvgIpc) is 3.41. The topological polar surface area (TPSA) is 113 Å². The first kappa shape index (κ1) is 24.4. The SMILES string of the molecule is [C-]#[N+]C1CC(CC#N)(n2cc(-c3ccnc(Nc4ccc(C(=O)N5CCC(OC)CC5)cc4)n3)cn2)C1. The molecule has 0 bridgehead atoms. The molecular formula is C27H28N8O2. The van der Waals surface area contributed by atoms with Crippen LogP contribution in [0.1, 0.15) is 42.5 Å². The summed E-state index contributed by atoms with van der Waals surface area (Å²) in [7, 11) is 1.72. The lowest BCUT2D eigenvalue weighted by molar-refractivity contribution is 0.0351. The monoisotopic (exact) mass is 496 g/mol. The van der Waals surface area contributed by atoms with Gasteiger partial charge in [-0.3, -0.25) is 9.48 Å². The minimum atomic E-state index is -0.421. The minimum Gasteiger partial charge on any atom is -0.381 e. The van der Waals surface area contributed by atoms with Crippen LogP contribution in [0.4, 0.5) is 11.6 Å². The van der Waals surface area contributed by atoms with Crippen LogP contribution in [0.3, 0.4) is 0 Å². The lowest BCUT2D eigenvalue weighted by Crippen LogP contribution is -2.48. The molecule has 3 heterocycles. The summed E-state index contributed by atoms with van der Waals surface area (Å²) in [5.74, 6) is 0.453. The standard InChI is InChI=1S/C27H28N8O2/c1-29-22-15-27(16-22,10-11-28)35-18-20(17-31-35)24-7-12-30-26(33-24)32-21-5-3-19(4-6-21)25(36)34-13-8-23(37-2)9-14-34/h3-7,12,17-18,22-23H,8-10,13-16H2,2H3,(H,30,32,33). The summed E-state index contributed by atoms with van der Waals surface area (Å²) in [6.45, 7) is 8.65. The zero-order valence-corrected chi connectivity index (χ0v) is 20.7. The average molecular weight is 497 g/mol. The Morgan fingerprint density at radius 2 is 2.03 bits per heavy atom. The molecule has 1 N–H and O–H groups in total. The molecule has 2 aliphatic rings. The maximum Gasteiger partial charge on any atom is 0.253 e. The van der Waals surface area contributed by atoms with E-state index >= 15 is 0 Å². The van der Waals surface area contributed by atoms with Gasteiger partial charge in [0.05, 0.1) is 36.0 Å². The molecule has 37 heavy (non-hydrogen) atoms. The predicted octanol–water partition coefficient (Wildman–Crippen LogP) is 4.03. The smallest absolute Gasteiger partial charge is 0.253 e. The predicted molar refractivity (Wildman–Crippen MR) is 137 cm³/mol. The second-order valence-electron chi connectivity index (χ2n) is 9.62. The molecule has 1 aromatic carbocycles. The van der Waals surface area contributed by atoms with Gasteiger partial charge in [0.25, 0.3) is 5.91 Å². The van der Waals surface area contributed by atoms with Crippen molar-refractivity contribution in [2.45, 2.75) is 49.8 Å². The molecule has 2 fully saturated rings. The van der Waals surface area contributed by atoms with Gasteiger partial charge in [-0.05, 0) is 43.2 Å². The Morgan fingerprint density at radius 3 is 2.70 bits per heavy atom. The number of hydrogen-bond acceptors (Lipinski definition) is 7. The molecule has 1 saturated carbocycles. The van der Waals surface area contributed by atoms with Crippen molar-refractivity contribution in [2.24, 2.45) is 0 Å². The maximum atomic E-state index is 12.8. The number of carbonyl (C=O) groups excluding carboxylic acids is 1. The van der Waals surface area contributed by atoms with Crippen LogP contribution >= 0.6 is 0 Å². The van der Waals surface area contributed by atoms with Crippen LogP contribution in [-0.4, -0.2) is 62.9 Å². The Morgan fingerprint density at radius 1 is 1.27 bits per heavy atom. The molecule has 10 heteroatoms. The first-order valence-corrected chi connectivity index (χ1v) is 12.3. The van der Waals surface area contributed by atoms with Gasteiger partial charge >= 0.3 is 0 Å². The molecular weight excluding hydrogens is 468 g/mol.